The Morgan fingerprint density at radius 3 is 2.36 bits per heavy atom. The van der Waals surface area contributed by atoms with Crippen LogP contribution in [0.4, 0.5) is 4.39 Å². The Balaban J connectivity index is 4.66. The second kappa shape index (κ2) is 8.78. The van der Waals surface area contributed by atoms with E-state index in [0.29, 0.717) is 12.8 Å². The first kappa shape index (κ1) is 20.4. The van der Waals surface area contributed by atoms with Gasteiger partial charge in [0.05, 0.1) is 0 Å². The molecule has 0 radical (unpaired) electrons. The normalized spacial score (nSPS) is 14.6. The molecule has 2 nitrogen and oxygen atoms in total. The zero-order chi connectivity index (χ0) is 17.4. The molecule has 1 unspecified atom stereocenters. The summed E-state index contributed by atoms with van der Waals surface area (Å²) >= 11 is 0. The lowest BCUT2D eigenvalue weighted by molar-refractivity contribution is -0.153. The molecular formula is C19H29FO2. The minimum atomic E-state index is -1.25. The van der Waals surface area contributed by atoms with Crippen molar-refractivity contribution < 1.29 is 13.9 Å². The van der Waals surface area contributed by atoms with Crippen molar-refractivity contribution in [3.05, 3.63) is 24.1 Å². The lowest BCUT2D eigenvalue weighted by Crippen LogP contribution is -2.31. The Hall–Kier alpha value is -1.56. The molecule has 124 valence electrons. The van der Waals surface area contributed by atoms with Gasteiger partial charge in [-0.2, -0.15) is 0 Å². The van der Waals surface area contributed by atoms with E-state index in [2.05, 4.69) is 38.3 Å². The molecule has 0 aromatic heterocycles. The smallest absolute Gasteiger partial charge is 0.303 e. The van der Waals surface area contributed by atoms with Crippen LogP contribution < -0.4 is 0 Å². The third kappa shape index (κ3) is 8.02. The van der Waals surface area contributed by atoms with Gasteiger partial charge in [0.1, 0.15) is 5.83 Å². The molecule has 0 saturated carbocycles. The van der Waals surface area contributed by atoms with E-state index in [0.717, 1.165) is 18.4 Å². The molecule has 0 rings (SSSR count). The van der Waals surface area contributed by atoms with E-state index >= 15 is 0 Å². The number of hydrogen-bond donors (Lipinski definition) is 0. The van der Waals surface area contributed by atoms with Crippen LogP contribution in [0.25, 0.3) is 0 Å². The van der Waals surface area contributed by atoms with E-state index < -0.39 is 17.4 Å². The SMILES string of the molecule is C=C(F)C(C)(CC/C(C)=C/CC(C)(C)CC#CC)OC(C)=O. The number of rotatable bonds is 8. The molecular weight excluding hydrogens is 279 g/mol. The molecule has 0 aromatic rings. The maximum Gasteiger partial charge on any atom is 0.303 e. The zero-order valence-electron chi connectivity index (χ0n) is 14.8. The summed E-state index contributed by atoms with van der Waals surface area (Å²) in [5, 5.41) is 0. The zero-order valence-corrected chi connectivity index (χ0v) is 14.8. The van der Waals surface area contributed by atoms with Crippen molar-refractivity contribution >= 4 is 5.97 Å². The predicted molar refractivity (Wildman–Crippen MR) is 89.9 cm³/mol. The number of carbonyl (C=O) groups is 1. The third-order valence-electron chi connectivity index (χ3n) is 3.69. The van der Waals surface area contributed by atoms with E-state index in [9.17, 15) is 9.18 Å². The molecule has 0 aromatic carbocycles. The fourth-order valence-electron chi connectivity index (χ4n) is 1.95. The summed E-state index contributed by atoms with van der Waals surface area (Å²) in [5.74, 6) is 4.91. The van der Waals surface area contributed by atoms with Crippen LogP contribution in [0.2, 0.25) is 0 Å². The summed E-state index contributed by atoms with van der Waals surface area (Å²) in [7, 11) is 0. The molecule has 0 aliphatic rings. The molecule has 0 N–H and O–H groups in total. The van der Waals surface area contributed by atoms with Crippen LogP contribution in [0.3, 0.4) is 0 Å². The summed E-state index contributed by atoms with van der Waals surface area (Å²) in [6, 6.07) is 0. The summed E-state index contributed by atoms with van der Waals surface area (Å²) in [6.07, 6.45) is 4.96. The van der Waals surface area contributed by atoms with Crippen molar-refractivity contribution in [2.75, 3.05) is 0 Å². The van der Waals surface area contributed by atoms with E-state index in [1.807, 2.05) is 13.8 Å². The first-order chi connectivity index (χ1) is 10.0. The quantitative estimate of drug-likeness (QED) is 0.343. The van der Waals surface area contributed by atoms with Crippen LogP contribution in [0.1, 0.15) is 67.2 Å². The molecule has 0 saturated heterocycles. The van der Waals surface area contributed by atoms with Gasteiger partial charge in [-0.05, 0) is 45.4 Å². The third-order valence-corrected chi connectivity index (χ3v) is 3.69. The number of halogens is 1. The molecule has 1 atom stereocenters. The van der Waals surface area contributed by atoms with E-state index in [4.69, 9.17) is 4.74 Å². The number of carbonyl (C=O) groups excluding carboxylic acids is 1. The van der Waals surface area contributed by atoms with Gasteiger partial charge in [0.25, 0.3) is 0 Å². The molecule has 22 heavy (non-hydrogen) atoms. The van der Waals surface area contributed by atoms with Crippen molar-refractivity contribution in [1.29, 1.82) is 0 Å². The summed E-state index contributed by atoms with van der Waals surface area (Å²) in [5.41, 5.74) is 0.0225. The average Bonchev–Trinajstić information content (AvgIpc) is 2.40. The first-order valence-corrected chi connectivity index (χ1v) is 7.62. The molecule has 0 bridgehead atoms. The van der Waals surface area contributed by atoms with E-state index in [-0.39, 0.29) is 5.41 Å². The molecule has 0 aliphatic carbocycles. The van der Waals surface area contributed by atoms with E-state index in [1.54, 1.807) is 6.92 Å². The van der Waals surface area contributed by atoms with Crippen LogP contribution in [0.5, 0.6) is 0 Å². The van der Waals surface area contributed by atoms with Gasteiger partial charge in [-0.25, -0.2) is 4.39 Å². The maximum absolute atomic E-state index is 13.6. The second-order valence-electron chi connectivity index (χ2n) is 6.75. The van der Waals surface area contributed by atoms with Crippen molar-refractivity contribution in [2.24, 2.45) is 5.41 Å². The van der Waals surface area contributed by atoms with Gasteiger partial charge in [0, 0.05) is 13.3 Å². The van der Waals surface area contributed by atoms with Crippen LogP contribution >= 0.6 is 0 Å². The first-order valence-electron chi connectivity index (χ1n) is 7.62. The Morgan fingerprint density at radius 2 is 1.91 bits per heavy atom. The summed E-state index contributed by atoms with van der Waals surface area (Å²) < 4.78 is 18.7. The van der Waals surface area contributed by atoms with Crippen LogP contribution in [-0.4, -0.2) is 11.6 Å². The second-order valence-corrected chi connectivity index (χ2v) is 6.75. The summed E-state index contributed by atoms with van der Waals surface area (Å²) in [4.78, 5) is 11.1. The topological polar surface area (TPSA) is 26.3 Å². The van der Waals surface area contributed by atoms with Crippen LogP contribution in [0, 0.1) is 17.3 Å². The lowest BCUT2D eigenvalue weighted by Gasteiger charge is -2.27. The average molecular weight is 308 g/mol. The van der Waals surface area contributed by atoms with E-state index in [1.165, 1.54) is 6.92 Å². The number of ether oxygens (including phenoxy) is 1. The molecule has 0 heterocycles. The highest BCUT2D eigenvalue weighted by Gasteiger charge is 2.31. The van der Waals surface area contributed by atoms with Crippen molar-refractivity contribution in [3.63, 3.8) is 0 Å². The number of allylic oxidation sites excluding steroid dienone is 2. The monoisotopic (exact) mass is 308 g/mol. The predicted octanol–water partition coefficient (Wildman–Crippen LogP) is 5.35. The van der Waals surface area contributed by atoms with Crippen molar-refractivity contribution in [1.82, 2.24) is 0 Å². The number of esters is 1. The van der Waals surface area contributed by atoms with Gasteiger partial charge in [-0.3, -0.25) is 4.79 Å². The molecule has 0 amide bonds. The van der Waals surface area contributed by atoms with Gasteiger partial charge in [0.2, 0.25) is 0 Å². The van der Waals surface area contributed by atoms with Gasteiger partial charge in [-0.15, -0.1) is 11.8 Å². The maximum atomic E-state index is 13.6. The van der Waals surface area contributed by atoms with Gasteiger partial charge >= 0.3 is 5.97 Å². The Labute approximate surface area is 134 Å². The minimum absolute atomic E-state index is 0.118. The standard InChI is InChI=1S/C19H29FO2/c1-8-9-12-18(5,6)13-10-15(2)11-14-19(7,16(3)20)22-17(4)21/h10H,3,11-14H2,1-2,4-7H3/b15-10+. The highest BCUT2D eigenvalue weighted by molar-refractivity contribution is 5.66. The fraction of sp³-hybridized carbons (Fsp3) is 0.632. The van der Waals surface area contributed by atoms with Crippen molar-refractivity contribution in [2.45, 2.75) is 72.8 Å². The van der Waals surface area contributed by atoms with Gasteiger partial charge in [0.15, 0.2) is 5.60 Å². The van der Waals surface area contributed by atoms with Crippen LogP contribution in [0.15, 0.2) is 24.1 Å². The molecule has 3 heteroatoms. The molecule has 0 fully saturated rings. The summed E-state index contributed by atoms with van der Waals surface area (Å²) in [6.45, 7) is 14.3. The highest BCUT2D eigenvalue weighted by Crippen LogP contribution is 2.30. The Morgan fingerprint density at radius 1 is 1.32 bits per heavy atom. The van der Waals surface area contributed by atoms with Crippen LogP contribution in [-0.2, 0) is 9.53 Å². The number of hydrogen-bond acceptors (Lipinski definition) is 2. The molecule has 0 aliphatic heterocycles. The van der Waals surface area contributed by atoms with Gasteiger partial charge in [-0.1, -0.05) is 32.1 Å². The van der Waals surface area contributed by atoms with Crippen molar-refractivity contribution in [3.8, 4) is 11.8 Å². The fourth-order valence-corrected chi connectivity index (χ4v) is 1.95. The highest BCUT2D eigenvalue weighted by atomic mass is 19.1. The molecule has 0 spiro atoms. The minimum Gasteiger partial charge on any atom is -0.452 e. The van der Waals surface area contributed by atoms with Gasteiger partial charge < -0.3 is 4.74 Å². The Bertz CT molecular complexity index is 491. The Kier molecular flexibility index (Phi) is 8.16. The lowest BCUT2D eigenvalue weighted by atomic mass is 9.84. The largest absolute Gasteiger partial charge is 0.452 e.